The Bertz CT molecular complexity index is 499. The van der Waals surface area contributed by atoms with Crippen molar-refractivity contribution >= 4 is 12.0 Å². The number of benzene rings is 1. The number of morpholine rings is 1. The van der Waals surface area contributed by atoms with Gasteiger partial charge >= 0.3 is 0 Å². The van der Waals surface area contributed by atoms with E-state index in [1.54, 1.807) is 36.1 Å². The van der Waals surface area contributed by atoms with Crippen LogP contribution in [0.3, 0.4) is 0 Å². The maximum atomic E-state index is 13.5. The molecule has 0 aliphatic carbocycles. The summed E-state index contributed by atoms with van der Waals surface area (Å²) in [4.78, 5) is 14.1. The highest BCUT2D eigenvalue weighted by atomic mass is 19.1. The number of rotatable bonds is 2. The van der Waals surface area contributed by atoms with Gasteiger partial charge < -0.3 is 9.64 Å². The molecule has 1 fully saturated rings. The molecule has 3 nitrogen and oxygen atoms in total. The monoisotopic (exact) mass is 263 g/mol. The van der Waals surface area contributed by atoms with Crippen LogP contribution in [0.15, 0.2) is 29.8 Å². The molecule has 0 spiro atoms. The lowest BCUT2D eigenvalue weighted by molar-refractivity contribution is -0.134. The van der Waals surface area contributed by atoms with Crippen molar-refractivity contribution in [3.05, 3.63) is 41.2 Å². The first-order valence-corrected chi connectivity index (χ1v) is 6.41. The Kier molecular flexibility index (Phi) is 4.32. The van der Waals surface area contributed by atoms with Gasteiger partial charge in [0.1, 0.15) is 5.82 Å². The first kappa shape index (κ1) is 13.7. The van der Waals surface area contributed by atoms with Crippen LogP contribution in [0.1, 0.15) is 19.4 Å². The summed E-state index contributed by atoms with van der Waals surface area (Å²) >= 11 is 0. The number of halogens is 1. The van der Waals surface area contributed by atoms with Crippen LogP contribution in [0.25, 0.3) is 6.08 Å². The van der Waals surface area contributed by atoms with Crippen molar-refractivity contribution in [1.82, 2.24) is 4.90 Å². The van der Waals surface area contributed by atoms with Gasteiger partial charge in [-0.25, -0.2) is 4.39 Å². The molecule has 2 rings (SSSR count). The Morgan fingerprint density at radius 1 is 1.47 bits per heavy atom. The first-order valence-electron chi connectivity index (χ1n) is 6.41. The lowest BCUT2D eigenvalue weighted by atomic mass is 10.1. The molecule has 0 radical (unpaired) electrons. The van der Waals surface area contributed by atoms with Gasteiger partial charge in [0, 0.05) is 17.7 Å². The molecule has 0 bridgehead atoms. The largest absolute Gasteiger partial charge is 0.377 e. The molecule has 1 amide bonds. The van der Waals surface area contributed by atoms with E-state index in [4.69, 9.17) is 4.74 Å². The fourth-order valence-electron chi connectivity index (χ4n) is 2.14. The molecule has 1 unspecified atom stereocenters. The number of hydrogen-bond acceptors (Lipinski definition) is 2. The van der Waals surface area contributed by atoms with Crippen LogP contribution in [0.2, 0.25) is 0 Å². The third-order valence-corrected chi connectivity index (χ3v) is 3.24. The summed E-state index contributed by atoms with van der Waals surface area (Å²) in [5.41, 5.74) is 0.980. The summed E-state index contributed by atoms with van der Waals surface area (Å²) in [6.45, 7) is 5.37. The Labute approximate surface area is 112 Å². The second-order valence-electron chi connectivity index (χ2n) is 4.77. The minimum Gasteiger partial charge on any atom is -0.377 e. The van der Waals surface area contributed by atoms with E-state index in [1.807, 2.05) is 6.92 Å². The zero-order chi connectivity index (χ0) is 13.8. The second kappa shape index (κ2) is 5.97. The van der Waals surface area contributed by atoms with E-state index < -0.39 is 0 Å². The van der Waals surface area contributed by atoms with Crippen molar-refractivity contribution in [3.8, 4) is 0 Å². The second-order valence-corrected chi connectivity index (χ2v) is 4.77. The van der Waals surface area contributed by atoms with Crippen LogP contribution >= 0.6 is 0 Å². The third kappa shape index (κ3) is 3.20. The first-order chi connectivity index (χ1) is 9.09. The van der Waals surface area contributed by atoms with Gasteiger partial charge in [0.05, 0.1) is 19.3 Å². The normalized spacial score (nSPS) is 20.5. The van der Waals surface area contributed by atoms with E-state index in [0.29, 0.717) is 30.9 Å². The number of carbonyl (C=O) groups excluding carboxylic acids is 1. The minimum atomic E-state index is -0.315. The van der Waals surface area contributed by atoms with Gasteiger partial charge in [-0.1, -0.05) is 18.2 Å². The van der Waals surface area contributed by atoms with Gasteiger partial charge in [-0.2, -0.15) is 0 Å². The molecule has 4 heteroatoms. The standard InChI is InChI=1S/C15H18FNO2/c1-11(9-13-5-3-4-6-14(13)16)15(18)17-7-8-19-10-12(17)2/h3-6,9,12H,7-8,10H2,1-2H3/b11-9+. The van der Waals surface area contributed by atoms with Gasteiger partial charge in [-0.3, -0.25) is 4.79 Å². The van der Waals surface area contributed by atoms with Crippen LogP contribution < -0.4 is 0 Å². The average Bonchev–Trinajstić information content (AvgIpc) is 2.41. The smallest absolute Gasteiger partial charge is 0.249 e. The van der Waals surface area contributed by atoms with Crippen LogP contribution in [0, 0.1) is 5.82 Å². The van der Waals surface area contributed by atoms with E-state index in [-0.39, 0.29) is 17.8 Å². The quantitative estimate of drug-likeness (QED) is 0.767. The average molecular weight is 263 g/mol. The molecule has 1 aromatic rings. The molecule has 102 valence electrons. The van der Waals surface area contributed by atoms with Gasteiger partial charge in [-0.15, -0.1) is 0 Å². The van der Waals surface area contributed by atoms with Gasteiger partial charge in [0.2, 0.25) is 5.91 Å². The summed E-state index contributed by atoms with van der Waals surface area (Å²) in [7, 11) is 0. The van der Waals surface area contributed by atoms with Crippen molar-refractivity contribution in [3.63, 3.8) is 0 Å². The molecular formula is C15H18FNO2. The van der Waals surface area contributed by atoms with Gasteiger partial charge in [0.15, 0.2) is 0 Å². The molecule has 1 aromatic carbocycles. The molecule has 1 heterocycles. The SMILES string of the molecule is C/C(=C\c1ccccc1F)C(=O)N1CCOCC1C. The maximum absolute atomic E-state index is 13.5. The van der Waals surface area contributed by atoms with Crippen molar-refractivity contribution in [2.24, 2.45) is 0 Å². The Hall–Kier alpha value is -1.68. The molecule has 19 heavy (non-hydrogen) atoms. The van der Waals surface area contributed by atoms with E-state index in [9.17, 15) is 9.18 Å². The zero-order valence-corrected chi connectivity index (χ0v) is 11.2. The lowest BCUT2D eigenvalue weighted by Crippen LogP contribution is -2.47. The molecular weight excluding hydrogens is 245 g/mol. The fraction of sp³-hybridized carbons (Fsp3) is 0.400. The minimum absolute atomic E-state index is 0.0564. The molecule has 0 aromatic heterocycles. The fourth-order valence-corrected chi connectivity index (χ4v) is 2.14. The summed E-state index contributed by atoms with van der Waals surface area (Å²) in [6.07, 6.45) is 1.60. The molecule has 1 saturated heterocycles. The molecule has 1 aliphatic rings. The maximum Gasteiger partial charge on any atom is 0.249 e. The number of carbonyl (C=O) groups is 1. The summed E-state index contributed by atoms with van der Waals surface area (Å²) in [6, 6.07) is 6.50. The van der Waals surface area contributed by atoms with E-state index in [2.05, 4.69) is 0 Å². The third-order valence-electron chi connectivity index (χ3n) is 3.24. The highest BCUT2D eigenvalue weighted by Crippen LogP contribution is 2.15. The molecule has 0 saturated carbocycles. The summed E-state index contributed by atoms with van der Waals surface area (Å²) in [5.74, 6) is -0.372. The number of ether oxygens (including phenoxy) is 1. The van der Waals surface area contributed by atoms with Crippen LogP contribution in [0.5, 0.6) is 0 Å². The predicted molar refractivity (Wildman–Crippen MR) is 72.0 cm³/mol. The van der Waals surface area contributed by atoms with Crippen molar-refractivity contribution < 1.29 is 13.9 Å². The van der Waals surface area contributed by atoms with Crippen LogP contribution in [-0.2, 0) is 9.53 Å². The highest BCUT2D eigenvalue weighted by Gasteiger charge is 2.24. The molecule has 1 atom stereocenters. The van der Waals surface area contributed by atoms with Gasteiger partial charge in [-0.05, 0) is 26.0 Å². The zero-order valence-electron chi connectivity index (χ0n) is 11.2. The summed E-state index contributed by atoms with van der Waals surface area (Å²) in [5, 5.41) is 0. The van der Waals surface area contributed by atoms with Gasteiger partial charge in [0.25, 0.3) is 0 Å². The van der Waals surface area contributed by atoms with Crippen molar-refractivity contribution in [2.45, 2.75) is 19.9 Å². The number of nitrogens with zero attached hydrogens (tertiary/aromatic N) is 1. The number of hydrogen-bond donors (Lipinski definition) is 0. The van der Waals surface area contributed by atoms with E-state index in [0.717, 1.165) is 0 Å². The Morgan fingerprint density at radius 3 is 2.89 bits per heavy atom. The molecule has 0 N–H and O–H groups in total. The Balaban J connectivity index is 2.17. The van der Waals surface area contributed by atoms with Crippen molar-refractivity contribution in [2.75, 3.05) is 19.8 Å². The lowest BCUT2D eigenvalue weighted by Gasteiger charge is -2.33. The van der Waals surface area contributed by atoms with Crippen molar-refractivity contribution in [1.29, 1.82) is 0 Å². The number of amides is 1. The van der Waals surface area contributed by atoms with E-state index in [1.165, 1.54) is 6.07 Å². The molecule has 1 aliphatic heterocycles. The highest BCUT2D eigenvalue weighted by molar-refractivity contribution is 5.97. The Morgan fingerprint density at radius 2 is 2.21 bits per heavy atom. The summed E-state index contributed by atoms with van der Waals surface area (Å²) < 4.78 is 18.8. The predicted octanol–water partition coefficient (Wildman–Crippen LogP) is 2.48. The topological polar surface area (TPSA) is 29.5 Å². The van der Waals surface area contributed by atoms with Crippen LogP contribution in [0.4, 0.5) is 4.39 Å². The van der Waals surface area contributed by atoms with Crippen LogP contribution in [-0.4, -0.2) is 36.6 Å². The van der Waals surface area contributed by atoms with E-state index >= 15 is 0 Å².